The molecule has 0 unspecified atom stereocenters. The minimum Gasteiger partial charge on any atom is -0.495 e. The molecule has 1 aliphatic carbocycles. The molecule has 0 atom stereocenters. The lowest BCUT2D eigenvalue weighted by molar-refractivity contribution is -0.118. The number of para-hydroxylation sites is 2. The van der Waals surface area contributed by atoms with E-state index in [0.29, 0.717) is 11.4 Å². The highest BCUT2D eigenvalue weighted by atomic mass is 16.5. The number of pyridine rings is 1. The van der Waals surface area contributed by atoms with Gasteiger partial charge in [0.25, 0.3) is 5.91 Å². The number of benzene rings is 3. The fraction of sp³-hybridized carbons (Fsp3) is 0.241. The van der Waals surface area contributed by atoms with Crippen LogP contribution in [-0.4, -0.2) is 24.6 Å². The molecule has 0 bridgehead atoms. The lowest BCUT2D eigenvalue weighted by Gasteiger charge is -2.23. The third-order valence-corrected chi connectivity index (χ3v) is 6.30. The summed E-state index contributed by atoms with van der Waals surface area (Å²) in [6, 6.07) is 21.4. The Hall–Kier alpha value is -4.06. The van der Waals surface area contributed by atoms with Crippen molar-refractivity contribution in [2.75, 3.05) is 24.4 Å². The summed E-state index contributed by atoms with van der Waals surface area (Å²) in [6.45, 7) is 1.95. The van der Waals surface area contributed by atoms with Gasteiger partial charge in [-0.05, 0) is 80.6 Å². The second kappa shape index (κ2) is 10.1. The van der Waals surface area contributed by atoms with E-state index in [-0.39, 0.29) is 12.5 Å². The van der Waals surface area contributed by atoms with E-state index < -0.39 is 0 Å². The zero-order valence-corrected chi connectivity index (χ0v) is 20.1. The first kappa shape index (κ1) is 22.7. The molecule has 0 saturated carbocycles. The maximum Gasteiger partial charge on any atom is 0.262 e. The molecule has 178 valence electrons. The van der Waals surface area contributed by atoms with E-state index in [4.69, 9.17) is 14.5 Å². The van der Waals surface area contributed by atoms with Gasteiger partial charge in [0.2, 0.25) is 0 Å². The van der Waals surface area contributed by atoms with Crippen LogP contribution < -0.4 is 20.1 Å². The minimum atomic E-state index is -0.213. The molecule has 4 aromatic rings. The number of nitrogens with zero attached hydrogens (tertiary/aromatic N) is 1. The average Bonchev–Trinajstić information content (AvgIpc) is 2.89. The molecule has 5 rings (SSSR count). The molecule has 1 aliphatic rings. The molecule has 0 aliphatic heterocycles. The van der Waals surface area contributed by atoms with Gasteiger partial charge in [0.05, 0.1) is 24.0 Å². The fourth-order valence-corrected chi connectivity index (χ4v) is 4.51. The highest BCUT2D eigenvalue weighted by molar-refractivity contribution is 6.00. The maximum absolute atomic E-state index is 12.6. The van der Waals surface area contributed by atoms with E-state index in [1.165, 1.54) is 5.56 Å². The summed E-state index contributed by atoms with van der Waals surface area (Å²) in [6.07, 6.45) is 4.22. The number of anilines is 3. The van der Waals surface area contributed by atoms with Gasteiger partial charge in [-0.15, -0.1) is 0 Å². The minimum absolute atomic E-state index is 0.0597. The van der Waals surface area contributed by atoms with Crippen LogP contribution >= 0.6 is 0 Å². The first-order valence-electron chi connectivity index (χ1n) is 12.0. The quantitative estimate of drug-likeness (QED) is 0.339. The number of fused-ring (bicyclic) bond motifs is 2. The van der Waals surface area contributed by atoms with Crippen molar-refractivity contribution in [3.05, 3.63) is 83.6 Å². The Labute approximate surface area is 205 Å². The molecule has 0 radical (unpaired) electrons. The maximum atomic E-state index is 12.6. The van der Waals surface area contributed by atoms with Gasteiger partial charge in [-0.1, -0.05) is 29.8 Å². The standard InChI is InChI=1S/C29H29N3O3/c1-19-11-14-21(15-12-19)35-18-28(33)30-20-13-16-25-23(17-20)29(22-7-3-4-8-24(22)31-25)32-26-9-5-6-10-27(26)34-2/h5-6,9-17H,3-4,7-8,18H2,1-2H3,(H,30,33)(H,31,32). The number of rotatable bonds is 7. The zero-order chi connectivity index (χ0) is 24.2. The Kier molecular flexibility index (Phi) is 6.53. The average molecular weight is 468 g/mol. The van der Waals surface area contributed by atoms with Crippen LogP contribution in [0, 0.1) is 6.92 Å². The van der Waals surface area contributed by atoms with Crippen molar-refractivity contribution in [3.63, 3.8) is 0 Å². The van der Waals surface area contributed by atoms with Crippen molar-refractivity contribution in [2.24, 2.45) is 0 Å². The Bertz CT molecular complexity index is 1370. The van der Waals surface area contributed by atoms with Gasteiger partial charge in [-0.2, -0.15) is 0 Å². The molecule has 0 saturated heterocycles. The predicted molar refractivity (Wildman–Crippen MR) is 140 cm³/mol. The number of nitrogens with one attached hydrogen (secondary N) is 2. The van der Waals surface area contributed by atoms with Crippen molar-refractivity contribution < 1.29 is 14.3 Å². The summed E-state index contributed by atoms with van der Waals surface area (Å²) < 4.78 is 11.2. The van der Waals surface area contributed by atoms with Crippen LogP contribution in [0.2, 0.25) is 0 Å². The first-order valence-corrected chi connectivity index (χ1v) is 12.0. The number of carbonyl (C=O) groups excluding carboxylic acids is 1. The third kappa shape index (κ3) is 5.06. The van der Waals surface area contributed by atoms with Crippen LogP contribution in [-0.2, 0) is 17.6 Å². The van der Waals surface area contributed by atoms with E-state index in [2.05, 4.69) is 10.6 Å². The Balaban J connectivity index is 1.44. The van der Waals surface area contributed by atoms with E-state index in [9.17, 15) is 4.79 Å². The molecular formula is C29H29N3O3. The second-order valence-electron chi connectivity index (χ2n) is 8.83. The molecule has 2 N–H and O–H groups in total. The Morgan fingerprint density at radius 2 is 1.80 bits per heavy atom. The van der Waals surface area contributed by atoms with Crippen LogP contribution in [0.1, 0.15) is 29.7 Å². The number of hydrogen-bond acceptors (Lipinski definition) is 5. The number of carbonyl (C=O) groups is 1. The van der Waals surface area contributed by atoms with Crippen LogP contribution in [0.5, 0.6) is 11.5 Å². The molecule has 0 fully saturated rings. The Morgan fingerprint density at radius 1 is 1.00 bits per heavy atom. The number of amides is 1. The molecule has 0 spiro atoms. The van der Waals surface area contributed by atoms with Crippen molar-refractivity contribution in [1.29, 1.82) is 0 Å². The predicted octanol–water partition coefficient (Wildman–Crippen LogP) is 6.19. The molecule has 1 heterocycles. The van der Waals surface area contributed by atoms with Gasteiger partial charge in [0, 0.05) is 16.8 Å². The number of aryl methyl sites for hydroxylation is 2. The number of methoxy groups -OCH3 is 1. The van der Waals surface area contributed by atoms with Gasteiger partial charge in [0.15, 0.2) is 6.61 Å². The molecule has 1 amide bonds. The van der Waals surface area contributed by atoms with Crippen molar-refractivity contribution >= 4 is 33.9 Å². The van der Waals surface area contributed by atoms with Crippen molar-refractivity contribution in [3.8, 4) is 11.5 Å². The van der Waals surface area contributed by atoms with E-state index >= 15 is 0 Å². The number of aromatic nitrogens is 1. The Morgan fingerprint density at radius 3 is 2.63 bits per heavy atom. The van der Waals surface area contributed by atoms with Gasteiger partial charge < -0.3 is 20.1 Å². The summed E-state index contributed by atoms with van der Waals surface area (Å²) in [7, 11) is 1.67. The summed E-state index contributed by atoms with van der Waals surface area (Å²) in [5, 5.41) is 7.56. The van der Waals surface area contributed by atoms with Crippen molar-refractivity contribution in [1.82, 2.24) is 4.98 Å². The largest absolute Gasteiger partial charge is 0.495 e. The van der Waals surface area contributed by atoms with Gasteiger partial charge in [0.1, 0.15) is 11.5 Å². The first-order chi connectivity index (χ1) is 17.1. The molecule has 6 heteroatoms. The molecule has 35 heavy (non-hydrogen) atoms. The molecule has 3 aromatic carbocycles. The van der Waals surface area contributed by atoms with Crippen LogP contribution in [0.25, 0.3) is 10.9 Å². The normalized spacial score (nSPS) is 12.6. The van der Waals surface area contributed by atoms with Crippen LogP contribution in [0.3, 0.4) is 0 Å². The van der Waals surface area contributed by atoms with E-state index in [0.717, 1.165) is 65.0 Å². The molecular weight excluding hydrogens is 438 g/mol. The number of hydrogen-bond donors (Lipinski definition) is 2. The third-order valence-electron chi connectivity index (χ3n) is 6.30. The monoisotopic (exact) mass is 467 g/mol. The highest BCUT2D eigenvalue weighted by Crippen LogP contribution is 2.38. The van der Waals surface area contributed by atoms with Crippen LogP contribution in [0.4, 0.5) is 17.1 Å². The highest BCUT2D eigenvalue weighted by Gasteiger charge is 2.20. The van der Waals surface area contributed by atoms with Gasteiger partial charge >= 0.3 is 0 Å². The van der Waals surface area contributed by atoms with Crippen molar-refractivity contribution in [2.45, 2.75) is 32.6 Å². The fourth-order valence-electron chi connectivity index (χ4n) is 4.51. The topological polar surface area (TPSA) is 72.5 Å². The lowest BCUT2D eigenvalue weighted by Crippen LogP contribution is -2.20. The van der Waals surface area contributed by atoms with Gasteiger partial charge in [-0.25, -0.2) is 0 Å². The summed E-state index contributed by atoms with van der Waals surface area (Å²) in [4.78, 5) is 17.6. The molecule has 1 aromatic heterocycles. The molecule has 6 nitrogen and oxygen atoms in total. The lowest BCUT2D eigenvalue weighted by atomic mass is 9.92. The van der Waals surface area contributed by atoms with E-state index in [1.807, 2.05) is 73.7 Å². The number of ether oxygens (including phenoxy) is 2. The summed E-state index contributed by atoms with van der Waals surface area (Å²) in [5.74, 6) is 1.23. The smallest absolute Gasteiger partial charge is 0.262 e. The summed E-state index contributed by atoms with van der Waals surface area (Å²) in [5.41, 5.74) is 7.06. The van der Waals surface area contributed by atoms with E-state index in [1.54, 1.807) is 7.11 Å². The summed E-state index contributed by atoms with van der Waals surface area (Å²) >= 11 is 0. The zero-order valence-electron chi connectivity index (χ0n) is 20.1. The second-order valence-corrected chi connectivity index (χ2v) is 8.83. The SMILES string of the molecule is COc1ccccc1Nc1c2c(nc3ccc(NC(=O)COc4ccc(C)cc4)cc13)CCCC2. The van der Waals surface area contributed by atoms with Crippen LogP contribution in [0.15, 0.2) is 66.7 Å². The van der Waals surface area contributed by atoms with Gasteiger partial charge in [-0.3, -0.25) is 9.78 Å².